The summed E-state index contributed by atoms with van der Waals surface area (Å²) in [6.45, 7) is 7.55. The van der Waals surface area contributed by atoms with Crippen LogP contribution in [-0.2, 0) is 11.3 Å². The molecule has 0 unspecified atom stereocenters. The number of nitrogens with zero attached hydrogens (tertiary/aromatic N) is 8. The van der Waals surface area contributed by atoms with Crippen molar-refractivity contribution in [2.45, 2.75) is 19.9 Å². The molecule has 1 aliphatic rings. The second kappa shape index (κ2) is 15.0. The highest BCUT2D eigenvalue weighted by Gasteiger charge is 2.25. The Morgan fingerprint density at radius 2 is 1.78 bits per heavy atom. The lowest BCUT2D eigenvalue weighted by molar-refractivity contribution is -0.118. The summed E-state index contributed by atoms with van der Waals surface area (Å²) in [7, 11) is 5.82. The number of benzene rings is 2. The first-order valence-corrected chi connectivity index (χ1v) is 15.5. The molecule has 0 atom stereocenters. The van der Waals surface area contributed by atoms with Crippen molar-refractivity contribution in [3.63, 3.8) is 0 Å². The van der Waals surface area contributed by atoms with Gasteiger partial charge < -0.3 is 29.7 Å². The minimum absolute atomic E-state index is 0.0162. The van der Waals surface area contributed by atoms with E-state index in [1.54, 1.807) is 11.2 Å². The molecular formula is C33H43N9O3. The number of hydrogen-bond acceptors (Lipinski definition) is 9. The predicted octanol–water partition coefficient (Wildman–Crippen LogP) is 2.74. The summed E-state index contributed by atoms with van der Waals surface area (Å²) in [5.74, 6) is 1.70. The van der Waals surface area contributed by atoms with Crippen LogP contribution in [0.4, 0.5) is 11.5 Å². The number of hydrogen-bond donors (Lipinski definition) is 1. The SMILES string of the molecule is CCOc1cccc(Cn2ncc3c(N4CCN(C(=O)c5ccc(N(CCN(C)C)C(=O)CCNC)cc5)CC4)ncnc32)c1. The fourth-order valence-electron chi connectivity index (χ4n) is 5.47. The number of carbonyl (C=O) groups is 2. The maximum Gasteiger partial charge on any atom is 0.253 e. The van der Waals surface area contributed by atoms with Crippen LogP contribution in [0, 0.1) is 0 Å². The Morgan fingerprint density at radius 1 is 1.00 bits per heavy atom. The molecule has 0 spiro atoms. The van der Waals surface area contributed by atoms with Crippen LogP contribution in [0.15, 0.2) is 61.1 Å². The van der Waals surface area contributed by atoms with Gasteiger partial charge in [-0.3, -0.25) is 9.59 Å². The number of carbonyl (C=O) groups excluding carboxylic acids is 2. The quantitative estimate of drug-likeness (QED) is 0.243. The zero-order valence-corrected chi connectivity index (χ0v) is 26.6. The fraction of sp³-hybridized carbons (Fsp3) is 0.424. The third-order valence-electron chi connectivity index (χ3n) is 7.91. The molecule has 1 aliphatic heterocycles. The molecule has 2 aromatic heterocycles. The van der Waals surface area contributed by atoms with Crippen LogP contribution in [0.3, 0.4) is 0 Å². The summed E-state index contributed by atoms with van der Waals surface area (Å²) < 4.78 is 7.53. The largest absolute Gasteiger partial charge is 0.494 e. The van der Waals surface area contributed by atoms with Crippen LogP contribution in [0.25, 0.3) is 11.0 Å². The number of likely N-dealkylation sites (N-methyl/N-ethyl adjacent to an activating group) is 1. The van der Waals surface area contributed by atoms with E-state index in [1.165, 1.54) is 0 Å². The molecule has 2 amide bonds. The van der Waals surface area contributed by atoms with E-state index in [9.17, 15) is 9.59 Å². The molecule has 1 N–H and O–H groups in total. The Kier molecular flexibility index (Phi) is 10.6. The lowest BCUT2D eigenvalue weighted by Crippen LogP contribution is -2.49. The molecule has 238 valence electrons. The molecule has 0 saturated carbocycles. The van der Waals surface area contributed by atoms with Gasteiger partial charge in [0.25, 0.3) is 5.91 Å². The molecule has 0 bridgehead atoms. The van der Waals surface area contributed by atoms with Crippen molar-refractivity contribution in [2.75, 3.05) is 83.4 Å². The van der Waals surface area contributed by atoms with Crippen LogP contribution in [-0.4, -0.2) is 115 Å². The number of piperazine rings is 1. The summed E-state index contributed by atoms with van der Waals surface area (Å²) in [6.07, 6.45) is 3.81. The number of fused-ring (bicyclic) bond motifs is 1. The highest BCUT2D eigenvalue weighted by Crippen LogP contribution is 2.25. The molecule has 1 saturated heterocycles. The summed E-state index contributed by atoms with van der Waals surface area (Å²) in [5.41, 5.74) is 3.26. The third kappa shape index (κ3) is 7.76. The number of rotatable bonds is 13. The van der Waals surface area contributed by atoms with Gasteiger partial charge in [-0.1, -0.05) is 12.1 Å². The Bertz CT molecular complexity index is 1580. The average molecular weight is 614 g/mol. The van der Waals surface area contributed by atoms with Gasteiger partial charge in [0.1, 0.15) is 17.9 Å². The predicted molar refractivity (Wildman–Crippen MR) is 176 cm³/mol. The van der Waals surface area contributed by atoms with Crippen molar-refractivity contribution < 1.29 is 14.3 Å². The van der Waals surface area contributed by atoms with Crippen molar-refractivity contribution in [3.05, 3.63) is 72.2 Å². The van der Waals surface area contributed by atoms with E-state index in [4.69, 9.17) is 4.74 Å². The van der Waals surface area contributed by atoms with Crippen molar-refractivity contribution in [3.8, 4) is 5.75 Å². The number of amides is 2. The topological polar surface area (TPSA) is 112 Å². The van der Waals surface area contributed by atoms with E-state index in [0.717, 1.165) is 40.4 Å². The van der Waals surface area contributed by atoms with Gasteiger partial charge >= 0.3 is 0 Å². The van der Waals surface area contributed by atoms with Gasteiger partial charge in [-0.15, -0.1) is 0 Å². The van der Waals surface area contributed by atoms with E-state index in [0.29, 0.717) is 64.4 Å². The summed E-state index contributed by atoms with van der Waals surface area (Å²) in [5, 5.41) is 8.55. The molecule has 2 aromatic carbocycles. The fourth-order valence-corrected chi connectivity index (χ4v) is 5.47. The molecule has 1 fully saturated rings. The summed E-state index contributed by atoms with van der Waals surface area (Å²) in [6, 6.07) is 15.4. The summed E-state index contributed by atoms with van der Waals surface area (Å²) >= 11 is 0. The van der Waals surface area contributed by atoms with Crippen LogP contribution >= 0.6 is 0 Å². The molecule has 0 aliphatic carbocycles. The monoisotopic (exact) mass is 613 g/mol. The average Bonchev–Trinajstić information content (AvgIpc) is 3.47. The Labute approximate surface area is 264 Å². The van der Waals surface area contributed by atoms with Crippen LogP contribution < -0.4 is 19.9 Å². The van der Waals surface area contributed by atoms with Crippen molar-refractivity contribution in [1.29, 1.82) is 0 Å². The van der Waals surface area contributed by atoms with Gasteiger partial charge in [-0.25, -0.2) is 14.6 Å². The van der Waals surface area contributed by atoms with E-state index >= 15 is 0 Å². The summed E-state index contributed by atoms with van der Waals surface area (Å²) in [4.78, 5) is 43.4. The van der Waals surface area contributed by atoms with Gasteiger partial charge in [0.15, 0.2) is 5.65 Å². The lowest BCUT2D eigenvalue weighted by Gasteiger charge is -2.35. The van der Waals surface area contributed by atoms with Crippen molar-refractivity contribution in [1.82, 2.24) is 34.9 Å². The van der Waals surface area contributed by atoms with Crippen LogP contribution in [0.5, 0.6) is 5.75 Å². The molecule has 4 aromatic rings. The Hall–Kier alpha value is -4.55. The van der Waals surface area contributed by atoms with E-state index < -0.39 is 0 Å². The molecular weight excluding hydrogens is 570 g/mol. The van der Waals surface area contributed by atoms with Gasteiger partial charge in [-0.2, -0.15) is 5.10 Å². The minimum Gasteiger partial charge on any atom is -0.494 e. The number of aromatic nitrogens is 4. The second-order valence-corrected chi connectivity index (χ2v) is 11.3. The first-order chi connectivity index (χ1) is 21.9. The molecule has 3 heterocycles. The maximum absolute atomic E-state index is 13.4. The molecule has 0 radical (unpaired) electrons. The lowest BCUT2D eigenvalue weighted by atomic mass is 10.1. The number of anilines is 2. The Morgan fingerprint density at radius 3 is 2.49 bits per heavy atom. The van der Waals surface area contributed by atoms with Gasteiger partial charge in [0, 0.05) is 63.5 Å². The zero-order valence-electron chi connectivity index (χ0n) is 26.6. The standard InChI is InChI=1S/C33H43N9O3/c1-5-45-28-8-6-7-25(21-28)23-42-32-29(22-37-42)31(35-24-36-32)39-16-18-40(19-17-39)33(44)26-9-11-27(12-10-26)41(20-15-38(3)4)30(43)13-14-34-2/h6-12,21-22,24,34H,5,13-20,23H2,1-4H3. The van der Waals surface area contributed by atoms with Crippen LogP contribution in [0.1, 0.15) is 29.3 Å². The first-order valence-electron chi connectivity index (χ1n) is 15.5. The third-order valence-corrected chi connectivity index (χ3v) is 7.91. The van der Waals surface area contributed by atoms with Crippen molar-refractivity contribution in [2.24, 2.45) is 0 Å². The van der Waals surface area contributed by atoms with Crippen molar-refractivity contribution >= 4 is 34.4 Å². The highest BCUT2D eigenvalue weighted by atomic mass is 16.5. The normalized spacial score (nSPS) is 13.4. The Balaban J connectivity index is 1.23. The molecule has 12 heteroatoms. The van der Waals surface area contributed by atoms with E-state index in [1.807, 2.05) is 92.4 Å². The first kappa shape index (κ1) is 31.9. The molecule has 5 rings (SSSR count). The smallest absolute Gasteiger partial charge is 0.253 e. The van der Waals surface area contributed by atoms with Crippen LogP contribution in [0.2, 0.25) is 0 Å². The molecule has 12 nitrogen and oxygen atoms in total. The number of ether oxygens (including phenoxy) is 1. The minimum atomic E-state index is -0.0162. The van der Waals surface area contributed by atoms with Gasteiger partial charge in [0.05, 0.1) is 24.7 Å². The van der Waals surface area contributed by atoms with Gasteiger partial charge in [-0.05, 0) is 70.0 Å². The molecule has 45 heavy (non-hydrogen) atoms. The zero-order chi connectivity index (χ0) is 31.8. The maximum atomic E-state index is 13.4. The second-order valence-electron chi connectivity index (χ2n) is 11.3. The van der Waals surface area contributed by atoms with E-state index in [-0.39, 0.29) is 11.8 Å². The highest BCUT2D eigenvalue weighted by molar-refractivity contribution is 5.97. The van der Waals surface area contributed by atoms with Gasteiger partial charge in [0.2, 0.25) is 5.91 Å². The number of nitrogens with one attached hydrogen (secondary N) is 1. The van der Waals surface area contributed by atoms with E-state index in [2.05, 4.69) is 30.2 Å².